The third kappa shape index (κ3) is 38.9. The molecule has 1 nitrogen and oxygen atoms in total. The summed E-state index contributed by atoms with van der Waals surface area (Å²) < 4.78 is 0. The molecule has 0 aliphatic carbocycles. The molecule has 0 saturated heterocycles. The lowest BCUT2D eigenvalue weighted by Crippen LogP contribution is -2.16. The Morgan fingerprint density at radius 1 is 0.243 bits per heavy atom. The summed E-state index contributed by atoms with van der Waals surface area (Å²) in [6.07, 6.45) is 45.2. The molecule has 0 rings (SSSR count). The predicted molar refractivity (Wildman–Crippen MR) is 183 cm³/mol. The van der Waals surface area contributed by atoms with Crippen LogP contribution in [0.15, 0.2) is 0 Å². The molecule has 0 aromatic carbocycles. The maximum atomic E-state index is 3.68. The highest BCUT2D eigenvalue weighted by Crippen LogP contribution is 2.15. The summed E-state index contributed by atoms with van der Waals surface area (Å²) in [5.74, 6) is 0. The number of unbranched alkanes of at least 4 members (excludes halogenated alkanes) is 29. The van der Waals surface area contributed by atoms with E-state index in [0.29, 0.717) is 0 Å². The van der Waals surface area contributed by atoms with Crippen molar-refractivity contribution < 1.29 is 0 Å². The summed E-state index contributed by atoms with van der Waals surface area (Å²) in [4.78, 5) is 0. The van der Waals surface area contributed by atoms with Crippen LogP contribution < -0.4 is 5.32 Å². The predicted octanol–water partition coefficient (Wildman–Crippen LogP) is 13.3. The van der Waals surface area contributed by atoms with Gasteiger partial charge in [0, 0.05) is 0 Å². The molecule has 0 radical (unpaired) electrons. The molecule has 0 aliphatic rings. The third-order valence-corrected chi connectivity index (χ3v) is 8.16. The standard InChI is InChI=1S/C35H73N.HI/c1-3-5-7-9-11-13-15-17-18-19-20-21-23-25-27-29-31-33-35-36-34-32-30-28-26-24-22-16-14-12-10-8-6-4-2;/h36H,3-35H2,1-2H3;1H. The second kappa shape index (κ2) is 38.8. The molecule has 1 N–H and O–H groups in total. The summed E-state index contributed by atoms with van der Waals surface area (Å²) in [5.41, 5.74) is 0. The van der Waals surface area contributed by atoms with Crippen molar-refractivity contribution in [3.05, 3.63) is 0 Å². The van der Waals surface area contributed by atoms with E-state index in [9.17, 15) is 0 Å². The van der Waals surface area contributed by atoms with Gasteiger partial charge >= 0.3 is 0 Å². The van der Waals surface area contributed by atoms with Crippen LogP contribution in [-0.4, -0.2) is 13.1 Å². The van der Waals surface area contributed by atoms with E-state index < -0.39 is 0 Å². The van der Waals surface area contributed by atoms with Crippen LogP contribution >= 0.6 is 24.0 Å². The highest BCUT2D eigenvalue weighted by atomic mass is 127. The normalized spacial score (nSPS) is 11.2. The fourth-order valence-corrected chi connectivity index (χ4v) is 5.54. The lowest BCUT2D eigenvalue weighted by molar-refractivity contribution is 0.516. The van der Waals surface area contributed by atoms with E-state index in [1.54, 1.807) is 0 Å². The molecule has 0 fully saturated rings. The number of hydrogen-bond donors (Lipinski definition) is 1. The zero-order chi connectivity index (χ0) is 26.0. The Balaban J connectivity index is 0. The Morgan fingerprint density at radius 2 is 0.405 bits per heavy atom. The van der Waals surface area contributed by atoms with Gasteiger partial charge in [0.25, 0.3) is 0 Å². The Bertz CT molecular complexity index is 325. The second-order valence-corrected chi connectivity index (χ2v) is 12.0. The van der Waals surface area contributed by atoms with Gasteiger partial charge in [-0.25, -0.2) is 0 Å². The third-order valence-electron chi connectivity index (χ3n) is 8.16. The van der Waals surface area contributed by atoms with Crippen LogP contribution in [0.25, 0.3) is 0 Å². The van der Waals surface area contributed by atoms with E-state index in [2.05, 4.69) is 19.2 Å². The van der Waals surface area contributed by atoms with Crippen LogP contribution in [0, 0.1) is 0 Å². The second-order valence-electron chi connectivity index (χ2n) is 12.0. The first-order valence-electron chi connectivity index (χ1n) is 17.6. The van der Waals surface area contributed by atoms with E-state index >= 15 is 0 Å². The Hall–Kier alpha value is 0.690. The molecular weight excluding hydrogens is 561 g/mol. The van der Waals surface area contributed by atoms with Gasteiger partial charge in [0.15, 0.2) is 0 Å². The van der Waals surface area contributed by atoms with Crippen molar-refractivity contribution in [1.82, 2.24) is 5.32 Å². The molecule has 0 bridgehead atoms. The smallest absolute Gasteiger partial charge is 0.00489 e. The zero-order valence-corrected chi connectivity index (χ0v) is 28.6. The van der Waals surface area contributed by atoms with E-state index in [0.717, 1.165) is 0 Å². The van der Waals surface area contributed by atoms with E-state index in [4.69, 9.17) is 0 Å². The van der Waals surface area contributed by atoms with Crippen molar-refractivity contribution in [3.63, 3.8) is 0 Å². The number of halogens is 1. The Morgan fingerprint density at radius 3 is 0.595 bits per heavy atom. The fraction of sp³-hybridized carbons (Fsp3) is 1.00. The van der Waals surface area contributed by atoms with Gasteiger partial charge in [0.2, 0.25) is 0 Å². The van der Waals surface area contributed by atoms with Crippen molar-refractivity contribution in [1.29, 1.82) is 0 Å². The molecule has 0 spiro atoms. The highest BCUT2D eigenvalue weighted by Gasteiger charge is 1.96. The fourth-order valence-electron chi connectivity index (χ4n) is 5.54. The average Bonchev–Trinajstić information content (AvgIpc) is 2.89. The SMILES string of the molecule is CCCCCCCCCCCCCCCCCCCCNCCCCCCCCCCCCCCC.I. The maximum absolute atomic E-state index is 3.68. The monoisotopic (exact) mass is 635 g/mol. The molecule has 0 atom stereocenters. The lowest BCUT2D eigenvalue weighted by atomic mass is 10.0. The first-order valence-corrected chi connectivity index (χ1v) is 17.6. The molecule has 0 aromatic heterocycles. The summed E-state index contributed by atoms with van der Waals surface area (Å²) >= 11 is 0. The number of rotatable bonds is 33. The number of hydrogen-bond acceptors (Lipinski definition) is 1. The van der Waals surface area contributed by atoms with Gasteiger partial charge in [0.05, 0.1) is 0 Å². The van der Waals surface area contributed by atoms with Crippen LogP contribution in [-0.2, 0) is 0 Å². The molecule has 2 heteroatoms. The largest absolute Gasteiger partial charge is 0.317 e. The average molecular weight is 636 g/mol. The quantitative estimate of drug-likeness (QED) is 0.0559. The molecule has 0 aliphatic heterocycles. The van der Waals surface area contributed by atoms with Crippen LogP contribution in [0.5, 0.6) is 0 Å². The van der Waals surface area contributed by atoms with Gasteiger partial charge in [-0.05, 0) is 25.9 Å². The van der Waals surface area contributed by atoms with Gasteiger partial charge in [0.1, 0.15) is 0 Å². The van der Waals surface area contributed by atoms with Crippen molar-refractivity contribution in [3.8, 4) is 0 Å². The van der Waals surface area contributed by atoms with Crippen molar-refractivity contribution >= 4 is 24.0 Å². The molecule has 0 saturated carbocycles. The van der Waals surface area contributed by atoms with E-state index in [-0.39, 0.29) is 24.0 Å². The Kier molecular flexibility index (Phi) is 41.8. The minimum Gasteiger partial charge on any atom is -0.317 e. The maximum Gasteiger partial charge on any atom is -0.00489 e. The van der Waals surface area contributed by atoms with E-state index in [1.165, 1.54) is 212 Å². The molecule has 226 valence electrons. The first-order chi connectivity index (χ1) is 17.9. The highest BCUT2D eigenvalue weighted by molar-refractivity contribution is 14.0. The zero-order valence-electron chi connectivity index (χ0n) is 26.2. The molecule has 0 unspecified atom stereocenters. The molecule has 37 heavy (non-hydrogen) atoms. The molecule has 0 heterocycles. The van der Waals surface area contributed by atoms with Gasteiger partial charge in [-0.1, -0.05) is 200 Å². The summed E-state index contributed by atoms with van der Waals surface area (Å²) in [6, 6.07) is 0. The van der Waals surface area contributed by atoms with Crippen molar-refractivity contribution in [2.45, 2.75) is 213 Å². The van der Waals surface area contributed by atoms with Crippen LogP contribution in [0.4, 0.5) is 0 Å². The molecule has 0 amide bonds. The van der Waals surface area contributed by atoms with Crippen LogP contribution in [0.2, 0.25) is 0 Å². The summed E-state index contributed by atoms with van der Waals surface area (Å²) in [6.45, 7) is 7.10. The summed E-state index contributed by atoms with van der Waals surface area (Å²) in [5, 5.41) is 3.68. The molecule has 0 aromatic rings. The van der Waals surface area contributed by atoms with Gasteiger partial charge in [-0.2, -0.15) is 0 Å². The lowest BCUT2D eigenvalue weighted by Gasteiger charge is -2.06. The Labute approximate surface area is 254 Å². The van der Waals surface area contributed by atoms with Gasteiger partial charge in [-0.3, -0.25) is 0 Å². The van der Waals surface area contributed by atoms with Crippen molar-refractivity contribution in [2.24, 2.45) is 0 Å². The van der Waals surface area contributed by atoms with Crippen LogP contribution in [0.1, 0.15) is 213 Å². The molecular formula is C35H74IN. The van der Waals surface area contributed by atoms with E-state index in [1.807, 2.05) is 0 Å². The summed E-state index contributed by atoms with van der Waals surface area (Å²) in [7, 11) is 0. The van der Waals surface area contributed by atoms with Crippen LogP contribution in [0.3, 0.4) is 0 Å². The topological polar surface area (TPSA) is 12.0 Å². The minimum atomic E-state index is 0. The number of nitrogens with one attached hydrogen (secondary N) is 1. The first kappa shape index (κ1) is 39.8. The van der Waals surface area contributed by atoms with Gasteiger partial charge < -0.3 is 5.32 Å². The van der Waals surface area contributed by atoms with Gasteiger partial charge in [-0.15, -0.1) is 24.0 Å². The minimum absolute atomic E-state index is 0. The van der Waals surface area contributed by atoms with Crippen molar-refractivity contribution in [2.75, 3.05) is 13.1 Å².